The van der Waals surface area contributed by atoms with Gasteiger partial charge in [-0.25, -0.2) is 9.59 Å². The second-order valence-electron chi connectivity index (χ2n) is 6.28. The summed E-state index contributed by atoms with van der Waals surface area (Å²) < 4.78 is 5.32. The molecule has 0 aliphatic carbocycles. The molecule has 26 heavy (non-hydrogen) atoms. The summed E-state index contributed by atoms with van der Waals surface area (Å²) in [6.45, 7) is 1.69. The minimum Gasteiger partial charge on any atom is -0.423 e. The first-order valence-corrected chi connectivity index (χ1v) is 8.44. The number of hydrogen-bond donors (Lipinski definition) is 2. The Morgan fingerprint density at radius 2 is 1.88 bits per heavy atom. The van der Waals surface area contributed by atoms with Crippen LogP contribution in [0.25, 0.3) is 0 Å². The van der Waals surface area contributed by atoms with E-state index in [9.17, 15) is 14.4 Å². The van der Waals surface area contributed by atoms with Crippen LogP contribution in [0.2, 0.25) is 5.02 Å². The van der Waals surface area contributed by atoms with Gasteiger partial charge < -0.3 is 10.1 Å². The standard InChI is InChI=1S/C19H17ClN2O4/c1-19(17(24)21-18(25)22-19)10-9-12-5-7-15(8-6-12)26-16(23)13-3-2-4-14(20)11-13/h2-8,11H,9-10H2,1H3,(H2,21,22,24,25)/t19-/m0/s1. The van der Waals surface area contributed by atoms with Crippen LogP contribution in [-0.4, -0.2) is 23.4 Å². The number of halogens is 1. The number of rotatable bonds is 5. The van der Waals surface area contributed by atoms with Gasteiger partial charge in [0.2, 0.25) is 0 Å². The first-order chi connectivity index (χ1) is 12.4. The molecule has 1 atom stereocenters. The Hall–Kier alpha value is -2.86. The highest BCUT2D eigenvalue weighted by Gasteiger charge is 2.41. The topological polar surface area (TPSA) is 84.5 Å². The molecule has 7 heteroatoms. The van der Waals surface area contributed by atoms with Gasteiger partial charge in [-0.2, -0.15) is 0 Å². The Bertz CT molecular complexity index is 866. The Kier molecular flexibility index (Phi) is 4.95. The van der Waals surface area contributed by atoms with Crippen LogP contribution in [0, 0.1) is 0 Å². The van der Waals surface area contributed by atoms with E-state index in [2.05, 4.69) is 10.6 Å². The average molecular weight is 373 g/mol. The number of esters is 1. The van der Waals surface area contributed by atoms with Crippen molar-refractivity contribution in [2.24, 2.45) is 0 Å². The molecule has 3 amide bonds. The maximum atomic E-state index is 12.1. The Balaban J connectivity index is 1.59. The monoisotopic (exact) mass is 372 g/mol. The molecule has 2 N–H and O–H groups in total. The fourth-order valence-corrected chi connectivity index (χ4v) is 2.85. The summed E-state index contributed by atoms with van der Waals surface area (Å²) in [7, 11) is 0. The SMILES string of the molecule is C[C@@]1(CCc2ccc(OC(=O)c3cccc(Cl)c3)cc2)NC(=O)NC1=O. The van der Waals surface area contributed by atoms with Gasteiger partial charge in [-0.1, -0.05) is 29.8 Å². The summed E-state index contributed by atoms with van der Waals surface area (Å²) in [5.74, 6) is -0.399. The van der Waals surface area contributed by atoms with E-state index in [1.807, 2.05) is 12.1 Å². The van der Waals surface area contributed by atoms with Crippen molar-refractivity contribution in [3.8, 4) is 5.75 Å². The number of benzene rings is 2. The predicted octanol–water partition coefficient (Wildman–Crippen LogP) is 3.09. The third-order valence-electron chi connectivity index (χ3n) is 4.23. The molecule has 1 aliphatic rings. The molecule has 3 rings (SSSR count). The van der Waals surface area contributed by atoms with Crippen LogP contribution in [0.5, 0.6) is 5.75 Å². The first kappa shape index (κ1) is 17.9. The molecule has 0 unspecified atom stereocenters. The molecule has 1 aliphatic heterocycles. The first-order valence-electron chi connectivity index (χ1n) is 8.06. The maximum Gasteiger partial charge on any atom is 0.343 e. The molecular weight excluding hydrogens is 356 g/mol. The maximum absolute atomic E-state index is 12.1. The molecule has 2 aromatic carbocycles. The van der Waals surface area contributed by atoms with Gasteiger partial charge >= 0.3 is 12.0 Å². The van der Waals surface area contributed by atoms with E-state index in [1.165, 1.54) is 0 Å². The number of urea groups is 1. The lowest BCUT2D eigenvalue weighted by molar-refractivity contribution is -0.123. The molecule has 0 bridgehead atoms. The third kappa shape index (κ3) is 4.03. The lowest BCUT2D eigenvalue weighted by atomic mass is 9.93. The molecule has 134 valence electrons. The molecule has 1 saturated heterocycles. The van der Waals surface area contributed by atoms with Crippen LogP contribution in [0.15, 0.2) is 48.5 Å². The zero-order valence-corrected chi connectivity index (χ0v) is 14.8. The van der Waals surface area contributed by atoms with Gasteiger partial charge in [-0.3, -0.25) is 10.1 Å². The fourth-order valence-electron chi connectivity index (χ4n) is 2.66. The van der Waals surface area contributed by atoms with Crippen LogP contribution in [0.3, 0.4) is 0 Å². The van der Waals surface area contributed by atoms with Gasteiger partial charge in [0.1, 0.15) is 11.3 Å². The lowest BCUT2D eigenvalue weighted by Crippen LogP contribution is -2.43. The van der Waals surface area contributed by atoms with Gasteiger partial charge in [0.15, 0.2) is 0 Å². The summed E-state index contributed by atoms with van der Waals surface area (Å²) >= 11 is 5.87. The number of aryl methyl sites for hydroxylation is 1. The highest BCUT2D eigenvalue weighted by Crippen LogP contribution is 2.20. The number of hydrogen-bond acceptors (Lipinski definition) is 4. The molecule has 0 saturated carbocycles. The number of carbonyl (C=O) groups is 3. The highest BCUT2D eigenvalue weighted by atomic mass is 35.5. The summed E-state index contributed by atoms with van der Waals surface area (Å²) in [4.78, 5) is 35.2. The van der Waals surface area contributed by atoms with Gasteiger partial charge in [0.25, 0.3) is 5.91 Å². The Morgan fingerprint density at radius 3 is 2.50 bits per heavy atom. The second kappa shape index (κ2) is 7.17. The van der Waals surface area contributed by atoms with Crippen molar-refractivity contribution in [2.45, 2.75) is 25.3 Å². The number of nitrogens with one attached hydrogen (secondary N) is 2. The van der Waals surface area contributed by atoms with Crippen molar-refractivity contribution < 1.29 is 19.1 Å². The van der Waals surface area contributed by atoms with Gasteiger partial charge in [-0.05, 0) is 55.7 Å². The van der Waals surface area contributed by atoms with E-state index in [4.69, 9.17) is 16.3 Å². The van der Waals surface area contributed by atoms with Crippen molar-refractivity contribution in [1.82, 2.24) is 10.6 Å². The van der Waals surface area contributed by atoms with E-state index in [1.54, 1.807) is 43.3 Å². The quantitative estimate of drug-likeness (QED) is 0.480. The minimum atomic E-state index is -0.908. The van der Waals surface area contributed by atoms with E-state index in [0.717, 1.165) is 5.56 Å². The molecule has 0 radical (unpaired) electrons. The summed E-state index contributed by atoms with van der Waals surface area (Å²) in [6.07, 6.45) is 1.05. The van der Waals surface area contributed by atoms with Crippen molar-refractivity contribution >= 4 is 29.5 Å². The van der Waals surface area contributed by atoms with Crippen molar-refractivity contribution in [3.63, 3.8) is 0 Å². The number of amides is 3. The van der Waals surface area contributed by atoms with Crippen molar-refractivity contribution in [1.29, 1.82) is 0 Å². The van der Waals surface area contributed by atoms with E-state index >= 15 is 0 Å². The summed E-state index contributed by atoms with van der Waals surface area (Å²) in [5, 5.41) is 5.33. The largest absolute Gasteiger partial charge is 0.423 e. The van der Waals surface area contributed by atoms with Gasteiger partial charge in [0, 0.05) is 5.02 Å². The minimum absolute atomic E-state index is 0.324. The molecule has 2 aromatic rings. The second-order valence-corrected chi connectivity index (χ2v) is 6.72. The average Bonchev–Trinajstić information content (AvgIpc) is 2.86. The molecule has 1 heterocycles. The van der Waals surface area contributed by atoms with Crippen LogP contribution < -0.4 is 15.4 Å². The molecular formula is C19H17ClN2O4. The summed E-state index contributed by atoms with van der Waals surface area (Å²) in [5.41, 5.74) is 0.426. The van der Waals surface area contributed by atoms with Crippen molar-refractivity contribution in [2.75, 3.05) is 0 Å². The molecule has 0 spiro atoms. The van der Waals surface area contributed by atoms with E-state index in [-0.39, 0.29) is 5.91 Å². The smallest absolute Gasteiger partial charge is 0.343 e. The Morgan fingerprint density at radius 1 is 1.15 bits per heavy atom. The van der Waals surface area contributed by atoms with Crippen LogP contribution in [0.4, 0.5) is 4.79 Å². The highest BCUT2D eigenvalue weighted by molar-refractivity contribution is 6.30. The zero-order valence-electron chi connectivity index (χ0n) is 14.0. The lowest BCUT2D eigenvalue weighted by Gasteiger charge is -2.20. The fraction of sp³-hybridized carbons (Fsp3) is 0.211. The predicted molar refractivity (Wildman–Crippen MR) is 96.3 cm³/mol. The number of carbonyl (C=O) groups excluding carboxylic acids is 3. The third-order valence-corrected chi connectivity index (χ3v) is 4.46. The van der Waals surface area contributed by atoms with Crippen LogP contribution >= 0.6 is 11.6 Å². The number of imide groups is 1. The van der Waals surface area contributed by atoms with Gasteiger partial charge in [-0.15, -0.1) is 0 Å². The zero-order chi connectivity index (χ0) is 18.7. The van der Waals surface area contributed by atoms with E-state index in [0.29, 0.717) is 29.2 Å². The number of ether oxygens (including phenoxy) is 1. The van der Waals surface area contributed by atoms with Crippen LogP contribution in [-0.2, 0) is 11.2 Å². The van der Waals surface area contributed by atoms with Crippen LogP contribution in [0.1, 0.15) is 29.3 Å². The van der Waals surface area contributed by atoms with Crippen molar-refractivity contribution in [3.05, 3.63) is 64.7 Å². The molecule has 0 aromatic heterocycles. The Labute approximate surface area is 155 Å². The summed E-state index contributed by atoms with van der Waals surface area (Å²) in [6, 6.07) is 13.1. The van der Waals surface area contributed by atoms with E-state index < -0.39 is 17.5 Å². The normalized spacial score (nSPS) is 19.0. The van der Waals surface area contributed by atoms with Gasteiger partial charge in [0.05, 0.1) is 5.56 Å². The molecule has 6 nitrogen and oxygen atoms in total. The molecule has 1 fully saturated rings.